The van der Waals surface area contributed by atoms with Crippen molar-refractivity contribution in [2.24, 2.45) is 4.99 Å². The van der Waals surface area contributed by atoms with Crippen LogP contribution in [-0.2, 0) is 16.1 Å². The average Bonchev–Trinajstić information content (AvgIpc) is 3.19. The van der Waals surface area contributed by atoms with E-state index in [0.717, 1.165) is 22.8 Å². The Labute approximate surface area is 177 Å². The molecule has 30 heavy (non-hydrogen) atoms. The molecule has 164 valence electrons. The lowest BCUT2D eigenvalue weighted by Gasteiger charge is -2.21. The van der Waals surface area contributed by atoms with E-state index >= 15 is 0 Å². The summed E-state index contributed by atoms with van der Waals surface area (Å²) in [7, 11) is 3.40. The number of thiazole rings is 1. The molecular weight excluding hydrogens is 419 g/mol. The van der Waals surface area contributed by atoms with Crippen molar-refractivity contribution in [1.29, 1.82) is 0 Å². The van der Waals surface area contributed by atoms with Gasteiger partial charge in [-0.2, -0.15) is 0 Å². The second-order valence-electron chi connectivity index (χ2n) is 6.35. The van der Waals surface area contributed by atoms with Gasteiger partial charge in [0.1, 0.15) is 17.7 Å². The predicted octanol–water partition coefficient (Wildman–Crippen LogP) is 3.30. The molecule has 1 amide bonds. The van der Waals surface area contributed by atoms with Crippen LogP contribution < -0.4 is 10.6 Å². The van der Waals surface area contributed by atoms with Crippen LogP contribution in [0.2, 0.25) is 0 Å². The molecule has 2 aromatic rings. The van der Waals surface area contributed by atoms with Gasteiger partial charge in [-0.25, -0.2) is 23.1 Å². The number of benzene rings is 1. The van der Waals surface area contributed by atoms with Crippen LogP contribution in [0.3, 0.4) is 0 Å². The Morgan fingerprint density at radius 2 is 2.07 bits per heavy atom. The maximum Gasteiger partial charge on any atom is 0.246 e. The van der Waals surface area contributed by atoms with E-state index < -0.39 is 29.0 Å². The van der Waals surface area contributed by atoms with Crippen molar-refractivity contribution >= 4 is 28.9 Å². The Balaban J connectivity index is 2.03. The molecule has 2 rings (SSSR count). The van der Waals surface area contributed by atoms with Crippen LogP contribution in [0.25, 0.3) is 0 Å². The normalized spacial score (nSPS) is 12.6. The number of aliphatic imine (C=N–C) groups is 1. The summed E-state index contributed by atoms with van der Waals surface area (Å²) in [6.07, 6.45) is -0.101. The minimum atomic E-state index is -1.64. The lowest BCUT2D eigenvalue weighted by molar-refractivity contribution is -0.114. The summed E-state index contributed by atoms with van der Waals surface area (Å²) in [5.41, 5.74) is 0.370. The number of amides is 1. The molecule has 0 spiro atoms. The lowest BCUT2D eigenvalue weighted by Crippen LogP contribution is -2.39. The highest BCUT2D eigenvalue weighted by atomic mass is 32.1. The summed E-state index contributed by atoms with van der Waals surface area (Å²) in [5, 5.41) is 8.02. The van der Waals surface area contributed by atoms with Crippen molar-refractivity contribution in [3.05, 3.63) is 45.7 Å². The van der Waals surface area contributed by atoms with Crippen LogP contribution in [0.5, 0.6) is 0 Å². The third kappa shape index (κ3) is 6.17. The van der Waals surface area contributed by atoms with E-state index in [-0.39, 0.29) is 12.6 Å². The number of rotatable bonds is 8. The fourth-order valence-electron chi connectivity index (χ4n) is 2.43. The van der Waals surface area contributed by atoms with Crippen molar-refractivity contribution in [1.82, 2.24) is 15.2 Å². The van der Waals surface area contributed by atoms with Gasteiger partial charge < -0.3 is 20.3 Å². The minimum absolute atomic E-state index is 0.101. The summed E-state index contributed by atoms with van der Waals surface area (Å²) in [4.78, 5) is 22.6. The first-order valence-corrected chi connectivity index (χ1v) is 10.0. The minimum Gasteiger partial charge on any atom is -0.375 e. The zero-order valence-corrected chi connectivity index (χ0v) is 17.9. The molecule has 1 aromatic heterocycles. The highest BCUT2D eigenvalue weighted by molar-refractivity contribution is 7.09. The summed E-state index contributed by atoms with van der Waals surface area (Å²) in [5.74, 6) is -4.67. The molecule has 7 nitrogen and oxygen atoms in total. The summed E-state index contributed by atoms with van der Waals surface area (Å²) < 4.78 is 45.2. The Morgan fingerprint density at radius 3 is 2.73 bits per heavy atom. The molecule has 11 heteroatoms. The third-order valence-electron chi connectivity index (χ3n) is 4.05. The van der Waals surface area contributed by atoms with E-state index in [4.69, 9.17) is 4.74 Å². The van der Waals surface area contributed by atoms with Crippen LogP contribution in [0.15, 0.2) is 22.5 Å². The van der Waals surface area contributed by atoms with Gasteiger partial charge in [-0.15, -0.1) is 11.3 Å². The Bertz CT molecular complexity index is 906. The van der Waals surface area contributed by atoms with Crippen molar-refractivity contribution in [2.45, 2.75) is 26.5 Å². The zero-order valence-electron chi connectivity index (χ0n) is 17.1. The lowest BCUT2D eigenvalue weighted by atomic mass is 10.3. The Kier molecular flexibility index (Phi) is 8.60. The molecule has 0 aliphatic carbocycles. The number of guanidine groups is 1. The van der Waals surface area contributed by atoms with Crippen LogP contribution in [0.4, 0.5) is 18.9 Å². The number of nitrogens with zero attached hydrogens (tertiary/aromatic N) is 3. The molecule has 1 aromatic carbocycles. The first kappa shape index (κ1) is 23.6. The number of ether oxygens (including phenoxy) is 1. The highest BCUT2D eigenvalue weighted by Gasteiger charge is 2.16. The summed E-state index contributed by atoms with van der Waals surface area (Å²) >= 11 is 1.49. The molecule has 0 bridgehead atoms. The first-order valence-electron chi connectivity index (χ1n) is 9.16. The number of methoxy groups -OCH3 is 1. The zero-order chi connectivity index (χ0) is 22.3. The van der Waals surface area contributed by atoms with E-state index in [1.165, 1.54) is 11.3 Å². The van der Waals surface area contributed by atoms with E-state index in [2.05, 4.69) is 20.6 Å². The number of hydrogen-bond acceptors (Lipinski definition) is 5. The monoisotopic (exact) mass is 443 g/mol. The van der Waals surface area contributed by atoms with E-state index in [1.807, 2.05) is 19.2 Å². The Morgan fingerprint density at radius 1 is 1.33 bits per heavy atom. The van der Waals surface area contributed by atoms with Gasteiger partial charge in [-0.05, 0) is 26.0 Å². The van der Waals surface area contributed by atoms with Crippen LogP contribution in [0, 0.1) is 17.5 Å². The second kappa shape index (κ2) is 10.9. The van der Waals surface area contributed by atoms with Gasteiger partial charge in [0.25, 0.3) is 0 Å². The smallest absolute Gasteiger partial charge is 0.246 e. The van der Waals surface area contributed by atoms with Gasteiger partial charge in [0.15, 0.2) is 23.4 Å². The van der Waals surface area contributed by atoms with Crippen molar-refractivity contribution in [3.63, 3.8) is 0 Å². The predicted molar refractivity (Wildman–Crippen MR) is 110 cm³/mol. The molecule has 1 heterocycles. The van der Waals surface area contributed by atoms with Crippen LogP contribution in [-0.4, -0.2) is 49.0 Å². The molecule has 0 saturated heterocycles. The van der Waals surface area contributed by atoms with E-state index in [9.17, 15) is 18.0 Å². The number of anilines is 1. The fraction of sp³-hybridized carbons (Fsp3) is 0.421. The van der Waals surface area contributed by atoms with E-state index in [0.29, 0.717) is 19.0 Å². The SMILES string of the molecule is CCNC(=NCC(=O)Nc1ccc(F)c(F)c1F)N(C)Cc1csc(C(C)OC)n1. The largest absolute Gasteiger partial charge is 0.375 e. The van der Waals surface area contributed by atoms with Crippen molar-refractivity contribution in [2.75, 3.05) is 32.6 Å². The Hall–Kier alpha value is -2.66. The number of carbonyl (C=O) groups is 1. The van der Waals surface area contributed by atoms with Gasteiger partial charge in [0.2, 0.25) is 5.91 Å². The maximum absolute atomic E-state index is 13.7. The molecule has 0 aliphatic heterocycles. The highest BCUT2D eigenvalue weighted by Crippen LogP contribution is 2.21. The topological polar surface area (TPSA) is 78.9 Å². The molecule has 1 atom stereocenters. The quantitative estimate of drug-likeness (QED) is 0.372. The summed E-state index contributed by atoms with van der Waals surface area (Å²) in [6, 6.07) is 1.69. The second-order valence-corrected chi connectivity index (χ2v) is 7.24. The van der Waals surface area contributed by atoms with Crippen LogP contribution >= 0.6 is 11.3 Å². The van der Waals surface area contributed by atoms with Crippen LogP contribution in [0.1, 0.15) is 30.7 Å². The molecule has 0 aliphatic rings. The molecule has 1 unspecified atom stereocenters. The standard InChI is InChI=1S/C19H24F3N5O2S/c1-5-23-19(27(3)9-12-10-30-18(25-12)11(2)29-4)24-8-15(28)26-14-7-6-13(20)16(21)17(14)22/h6-7,10-11H,5,8-9H2,1-4H3,(H,23,24)(H,26,28). The van der Waals surface area contributed by atoms with Crippen molar-refractivity contribution in [3.8, 4) is 0 Å². The number of halogens is 3. The first-order chi connectivity index (χ1) is 14.3. The molecule has 0 fully saturated rings. The van der Waals surface area contributed by atoms with Gasteiger partial charge in [-0.3, -0.25) is 4.79 Å². The molecule has 2 N–H and O–H groups in total. The maximum atomic E-state index is 13.7. The fourth-order valence-corrected chi connectivity index (χ4v) is 3.27. The molecular formula is C19H24F3N5O2S. The summed E-state index contributed by atoms with van der Waals surface area (Å²) in [6.45, 7) is 4.45. The number of hydrogen-bond donors (Lipinski definition) is 2. The van der Waals surface area contributed by atoms with Gasteiger partial charge in [-0.1, -0.05) is 0 Å². The van der Waals surface area contributed by atoms with E-state index in [1.54, 1.807) is 19.1 Å². The number of aromatic nitrogens is 1. The van der Waals surface area contributed by atoms with Gasteiger partial charge in [0, 0.05) is 26.1 Å². The number of nitrogens with one attached hydrogen (secondary N) is 2. The third-order valence-corrected chi connectivity index (χ3v) is 5.10. The number of carbonyl (C=O) groups excluding carboxylic acids is 1. The van der Waals surface area contributed by atoms with Gasteiger partial charge >= 0.3 is 0 Å². The molecule has 0 saturated carbocycles. The average molecular weight is 443 g/mol. The molecule has 0 radical (unpaired) electrons. The van der Waals surface area contributed by atoms with Crippen molar-refractivity contribution < 1.29 is 22.7 Å². The van der Waals surface area contributed by atoms with Gasteiger partial charge in [0.05, 0.1) is 17.9 Å².